The fourth-order valence-electron chi connectivity index (χ4n) is 4.33. The molecule has 2 N–H and O–H groups in total. The Bertz CT molecular complexity index is 526. The predicted molar refractivity (Wildman–Crippen MR) is 80.1 cm³/mol. The van der Waals surface area contributed by atoms with Crippen LogP contribution in [0.4, 0.5) is 0 Å². The second-order valence-corrected chi connectivity index (χ2v) is 6.95. The third-order valence-electron chi connectivity index (χ3n) is 5.59. The normalized spacial score (nSPS) is 34.1. The molecule has 1 aromatic heterocycles. The third-order valence-corrected chi connectivity index (χ3v) is 5.59. The molecule has 2 bridgehead atoms. The molecule has 4 heteroatoms. The number of pyridine rings is 1. The molecule has 3 aliphatic rings. The van der Waals surface area contributed by atoms with Gasteiger partial charge in [-0.3, -0.25) is 9.78 Å². The smallest absolute Gasteiger partial charge is 0.228 e. The molecular weight excluding hydrogens is 262 g/mol. The first kappa shape index (κ1) is 13.3. The van der Waals surface area contributed by atoms with Gasteiger partial charge in [-0.2, -0.15) is 0 Å². The van der Waals surface area contributed by atoms with Gasteiger partial charge in [0.2, 0.25) is 5.91 Å². The summed E-state index contributed by atoms with van der Waals surface area (Å²) in [6.45, 7) is 0.644. The van der Waals surface area contributed by atoms with E-state index in [0.29, 0.717) is 30.3 Å². The summed E-state index contributed by atoms with van der Waals surface area (Å²) in [5, 5.41) is 0. The van der Waals surface area contributed by atoms with Gasteiger partial charge in [0, 0.05) is 18.3 Å². The summed E-state index contributed by atoms with van der Waals surface area (Å²) in [5.74, 6) is 1.47. The highest BCUT2D eigenvalue weighted by molar-refractivity contribution is 5.81. The number of hydrogen-bond acceptors (Lipinski definition) is 3. The highest BCUT2D eigenvalue weighted by atomic mass is 16.2. The number of nitrogens with zero attached hydrogens (tertiary/aromatic N) is 2. The van der Waals surface area contributed by atoms with E-state index in [1.165, 1.54) is 19.3 Å². The van der Waals surface area contributed by atoms with Crippen LogP contribution < -0.4 is 5.73 Å². The molecule has 0 radical (unpaired) electrons. The lowest BCUT2D eigenvalue weighted by molar-refractivity contribution is -0.139. The lowest BCUT2D eigenvalue weighted by atomic mass is 9.84. The monoisotopic (exact) mass is 285 g/mol. The van der Waals surface area contributed by atoms with Crippen molar-refractivity contribution < 1.29 is 4.79 Å². The van der Waals surface area contributed by atoms with Crippen molar-refractivity contribution in [3.8, 4) is 0 Å². The van der Waals surface area contributed by atoms with E-state index < -0.39 is 0 Å². The molecule has 4 rings (SSSR count). The van der Waals surface area contributed by atoms with Crippen LogP contribution in [0.5, 0.6) is 0 Å². The minimum absolute atomic E-state index is 0.0630. The Morgan fingerprint density at radius 1 is 1.24 bits per heavy atom. The Hall–Kier alpha value is -1.42. The van der Waals surface area contributed by atoms with Crippen molar-refractivity contribution in [3.63, 3.8) is 0 Å². The van der Waals surface area contributed by atoms with Crippen molar-refractivity contribution in [1.82, 2.24) is 9.88 Å². The molecule has 0 aromatic carbocycles. The van der Waals surface area contributed by atoms with E-state index in [0.717, 1.165) is 18.5 Å². The lowest BCUT2D eigenvalue weighted by Crippen LogP contribution is -2.47. The Morgan fingerprint density at radius 2 is 2.05 bits per heavy atom. The number of nitrogens with two attached hydrogens (primary N) is 1. The van der Waals surface area contributed by atoms with E-state index in [1.54, 1.807) is 6.20 Å². The summed E-state index contributed by atoms with van der Waals surface area (Å²) in [4.78, 5) is 19.5. The van der Waals surface area contributed by atoms with Crippen molar-refractivity contribution in [2.45, 2.75) is 50.7 Å². The Balaban J connectivity index is 1.53. The Labute approximate surface area is 125 Å². The SMILES string of the molecule is NC1C2CCC(C2)C1C(=O)N(Cc1ccccn1)C1CC1. The average Bonchev–Trinajstić information content (AvgIpc) is 3.16. The fourth-order valence-corrected chi connectivity index (χ4v) is 4.33. The van der Waals surface area contributed by atoms with Gasteiger partial charge in [-0.15, -0.1) is 0 Å². The molecule has 3 aliphatic carbocycles. The van der Waals surface area contributed by atoms with E-state index in [1.807, 2.05) is 18.2 Å². The highest BCUT2D eigenvalue weighted by Gasteiger charge is 2.51. The molecule has 4 nitrogen and oxygen atoms in total. The van der Waals surface area contributed by atoms with Crippen LogP contribution in [0.1, 0.15) is 37.8 Å². The number of aromatic nitrogens is 1. The zero-order valence-corrected chi connectivity index (χ0v) is 12.3. The highest BCUT2D eigenvalue weighted by Crippen LogP contribution is 2.49. The molecule has 0 aliphatic heterocycles. The quantitative estimate of drug-likeness (QED) is 0.920. The summed E-state index contributed by atoms with van der Waals surface area (Å²) >= 11 is 0. The van der Waals surface area contributed by atoms with E-state index in [9.17, 15) is 4.79 Å². The van der Waals surface area contributed by atoms with Crippen molar-refractivity contribution in [2.24, 2.45) is 23.5 Å². The number of carbonyl (C=O) groups is 1. The summed E-state index contributed by atoms with van der Waals surface area (Å²) < 4.78 is 0. The summed E-state index contributed by atoms with van der Waals surface area (Å²) in [5.41, 5.74) is 7.33. The van der Waals surface area contributed by atoms with Crippen LogP contribution in [0.2, 0.25) is 0 Å². The van der Waals surface area contributed by atoms with Crippen LogP contribution >= 0.6 is 0 Å². The summed E-state index contributed by atoms with van der Waals surface area (Å²) in [6.07, 6.45) is 7.65. The van der Waals surface area contributed by atoms with Gasteiger partial charge in [-0.25, -0.2) is 0 Å². The second-order valence-electron chi connectivity index (χ2n) is 6.95. The van der Waals surface area contributed by atoms with Crippen LogP contribution in [-0.2, 0) is 11.3 Å². The maximum Gasteiger partial charge on any atom is 0.228 e. The van der Waals surface area contributed by atoms with E-state index in [-0.39, 0.29) is 12.0 Å². The van der Waals surface area contributed by atoms with Gasteiger partial charge in [-0.05, 0) is 56.1 Å². The van der Waals surface area contributed by atoms with Gasteiger partial charge in [0.25, 0.3) is 0 Å². The molecule has 112 valence electrons. The summed E-state index contributed by atoms with van der Waals surface area (Å²) in [6, 6.07) is 6.41. The molecule has 0 saturated heterocycles. The van der Waals surface area contributed by atoms with Gasteiger partial charge < -0.3 is 10.6 Å². The topological polar surface area (TPSA) is 59.2 Å². The molecule has 1 amide bonds. The van der Waals surface area contributed by atoms with Gasteiger partial charge in [0.05, 0.1) is 18.2 Å². The van der Waals surface area contributed by atoms with Crippen LogP contribution in [-0.4, -0.2) is 27.9 Å². The minimum atomic E-state index is 0.0630. The van der Waals surface area contributed by atoms with E-state index in [4.69, 9.17) is 5.73 Å². The maximum absolute atomic E-state index is 13.0. The van der Waals surface area contributed by atoms with E-state index >= 15 is 0 Å². The van der Waals surface area contributed by atoms with Crippen molar-refractivity contribution in [3.05, 3.63) is 30.1 Å². The number of rotatable bonds is 4. The average molecular weight is 285 g/mol. The molecule has 1 heterocycles. The molecular formula is C17H23N3O. The van der Waals surface area contributed by atoms with Crippen molar-refractivity contribution in [1.29, 1.82) is 0 Å². The second kappa shape index (κ2) is 5.09. The molecule has 0 spiro atoms. The number of amides is 1. The van der Waals surface area contributed by atoms with Crippen molar-refractivity contribution >= 4 is 5.91 Å². The first-order chi connectivity index (χ1) is 10.2. The largest absolute Gasteiger partial charge is 0.334 e. The zero-order valence-electron chi connectivity index (χ0n) is 12.3. The predicted octanol–water partition coefficient (Wildman–Crippen LogP) is 1.95. The third kappa shape index (κ3) is 2.35. The molecule has 4 atom stereocenters. The van der Waals surface area contributed by atoms with Gasteiger partial charge in [0.1, 0.15) is 0 Å². The lowest BCUT2D eigenvalue weighted by Gasteiger charge is -2.32. The molecule has 3 fully saturated rings. The summed E-state index contributed by atoms with van der Waals surface area (Å²) in [7, 11) is 0. The Morgan fingerprint density at radius 3 is 2.67 bits per heavy atom. The first-order valence-corrected chi connectivity index (χ1v) is 8.20. The number of hydrogen-bond donors (Lipinski definition) is 1. The van der Waals surface area contributed by atoms with E-state index in [2.05, 4.69) is 9.88 Å². The number of carbonyl (C=O) groups excluding carboxylic acids is 1. The van der Waals surface area contributed by atoms with Gasteiger partial charge >= 0.3 is 0 Å². The van der Waals surface area contributed by atoms with Gasteiger partial charge in [0.15, 0.2) is 0 Å². The first-order valence-electron chi connectivity index (χ1n) is 8.20. The van der Waals surface area contributed by atoms with Crippen LogP contribution in [0.15, 0.2) is 24.4 Å². The van der Waals surface area contributed by atoms with Crippen LogP contribution in [0, 0.1) is 17.8 Å². The van der Waals surface area contributed by atoms with Crippen molar-refractivity contribution in [2.75, 3.05) is 0 Å². The molecule has 4 unspecified atom stereocenters. The molecule has 21 heavy (non-hydrogen) atoms. The Kier molecular flexibility index (Phi) is 3.21. The minimum Gasteiger partial charge on any atom is -0.334 e. The molecule has 1 aromatic rings. The fraction of sp³-hybridized carbons (Fsp3) is 0.647. The van der Waals surface area contributed by atoms with Crippen LogP contribution in [0.3, 0.4) is 0 Å². The number of fused-ring (bicyclic) bond motifs is 2. The molecule has 3 saturated carbocycles. The van der Waals surface area contributed by atoms with Crippen LogP contribution in [0.25, 0.3) is 0 Å². The maximum atomic E-state index is 13.0. The van der Waals surface area contributed by atoms with Gasteiger partial charge in [-0.1, -0.05) is 6.07 Å². The standard InChI is InChI=1S/C17H23N3O/c18-16-12-5-4-11(9-12)15(16)17(21)20(14-6-7-14)10-13-3-1-2-8-19-13/h1-3,8,11-12,14-16H,4-7,9-10,18H2. The zero-order chi connectivity index (χ0) is 14.4.